The topological polar surface area (TPSA) is 140 Å². The van der Waals surface area contributed by atoms with Crippen molar-refractivity contribution in [2.45, 2.75) is 25.7 Å². The maximum Gasteiger partial charge on any atom is 0.269 e. The summed E-state index contributed by atoms with van der Waals surface area (Å²) in [6.45, 7) is 1.94. The number of anilines is 4. The molecule has 180 valence electrons. The Bertz CT molecular complexity index is 1230. The third-order valence-electron chi connectivity index (χ3n) is 5.62. The second-order valence-corrected chi connectivity index (χ2v) is 8.10. The van der Waals surface area contributed by atoms with Gasteiger partial charge in [0.05, 0.1) is 11.1 Å². The van der Waals surface area contributed by atoms with Crippen molar-refractivity contribution in [1.82, 2.24) is 15.0 Å². The van der Waals surface area contributed by atoms with Crippen LogP contribution in [0.25, 0.3) is 0 Å². The Kier molecular flexibility index (Phi) is 6.50. The Balaban J connectivity index is 1.37. The van der Waals surface area contributed by atoms with Gasteiger partial charge in [-0.3, -0.25) is 10.1 Å². The number of nitro benzene ring substituents is 1. The molecule has 0 unspecified atom stereocenters. The number of hydrogen-bond donors (Lipinski definition) is 2. The van der Waals surface area contributed by atoms with Gasteiger partial charge in [0.2, 0.25) is 24.6 Å². The SMILES string of the molecule is O=[N+]([O-])c1ccc(Nc2nc(N/N=C/c3ccc4c(c3)OCO4)nc(N3CCCCCC3)n2)cc1. The number of fused-ring (bicyclic) bond motifs is 1. The lowest BCUT2D eigenvalue weighted by atomic mass is 10.2. The summed E-state index contributed by atoms with van der Waals surface area (Å²) in [5.41, 5.74) is 4.35. The lowest BCUT2D eigenvalue weighted by molar-refractivity contribution is -0.384. The van der Waals surface area contributed by atoms with E-state index in [1.165, 1.54) is 25.0 Å². The number of benzene rings is 2. The van der Waals surface area contributed by atoms with E-state index >= 15 is 0 Å². The van der Waals surface area contributed by atoms with Crippen molar-refractivity contribution in [3.05, 3.63) is 58.1 Å². The van der Waals surface area contributed by atoms with Gasteiger partial charge in [0.1, 0.15) is 0 Å². The predicted molar refractivity (Wildman–Crippen MR) is 131 cm³/mol. The predicted octanol–water partition coefficient (Wildman–Crippen LogP) is 4.08. The van der Waals surface area contributed by atoms with Gasteiger partial charge in [0.15, 0.2) is 11.5 Å². The summed E-state index contributed by atoms with van der Waals surface area (Å²) in [4.78, 5) is 26.2. The van der Waals surface area contributed by atoms with E-state index in [4.69, 9.17) is 9.47 Å². The number of hydrogen-bond acceptors (Lipinski definition) is 11. The minimum atomic E-state index is -0.440. The van der Waals surface area contributed by atoms with Gasteiger partial charge in [0.25, 0.3) is 5.69 Å². The van der Waals surface area contributed by atoms with Crippen molar-refractivity contribution in [1.29, 1.82) is 0 Å². The molecule has 0 aliphatic carbocycles. The second-order valence-electron chi connectivity index (χ2n) is 8.10. The minimum Gasteiger partial charge on any atom is -0.454 e. The van der Waals surface area contributed by atoms with Crippen molar-refractivity contribution in [3.63, 3.8) is 0 Å². The second kappa shape index (κ2) is 10.2. The van der Waals surface area contributed by atoms with Crippen molar-refractivity contribution in [2.24, 2.45) is 5.10 Å². The number of nitro groups is 1. The zero-order valence-corrected chi connectivity index (χ0v) is 18.9. The highest BCUT2D eigenvalue weighted by molar-refractivity contribution is 5.81. The van der Waals surface area contributed by atoms with E-state index in [0.717, 1.165) is 31.5 Å². The van der Waals surface area contributed by atoms with Gasteiger partial charge in [-0.2, -0.15) is 20.1 Å². The summed E-state index contributed by atoms with van der Waals surface area (Å²) in [5.74, 6) is 2.52. The summed E-state index contributed by atoms with van der Waals surface area (Å²) in [5, 5.41) is 18.3. The van der Waals surface area contributed by atoms with Crippen LogP contribution in [0.1, 0.15) is 31.2 Å². The molecule has 1 saturated heterocycles. The smallest absolute Gasteiger partial charge is 0.269 e. The van der Waals surface area contributed by atoms with Crippen molar-refractivity contribution >= 4 is 35.4 Å². The van der Waals surface area contributed by atoms with Gasteiger partial charge in [0, 0.05) is 30.9 Å². The van der Waals surface area contributed by atoms with Crippen LogP contribution in [0.5, 0.6) is 11.5 Å². The summed E-state index contributed by atoms with van der Waals surface area (Å²) >= 11 is 0. The van der Waals surface area contributed by atoms with Gasteiger partial charge in [-0.05, 0) is 48.7 Å². The number of hydrazone groups is 1. The first kappa shape index (κ1) is 22.3. The van der Waals surface area contributed by atoms with Crippen LogP contribution in [-0.4, -0.2) is 46.0 Å². The van der Waals surface area contributed by atoms with Gasteiger partial charge < -0.3 is 19.7 Å². The quantitative estimate of drug-likeness (QED) is 0.291. The first-order valence-electron chi connectivity index (χ1n) is 11.4. The summed E-state index contributed by atoms with van der Waals surface area (Å²) in [6, 6.07) is 11.6. The molecule has 1 aromatic heterocycles. The molecule has 0 saturated carbocycles. The van der Waals surface area contributed by atoms with E-state index < -0.39 is 4.92 Å². The van der Waals surface area contributed by atoms with Crippen LogP contribution in [0, 0.1) is 10.1 Å². The van der Waals surface area contributed by atoms with E-state index in [1.54, 1.807) is 18.3 Å². The Labute approximate surface area is 201 Å². The maximum atomic E-state index is 10.9. The maximum absolute atomic E-state index is 10.9. The third-order valence-corrected chi connectivity index (χ3v) is 5.62. The van der Waals surface area contributed by atoms with Crippen LogP contribution in [0.3, 0.4) is 0 Å². The largest absolute Gasteiger partial charge is 0.454 e. The van der Waals surface area contributed by atoms with E-state index in [0.29, 0.717) is 29.1 Å². The molecule has 12 nitrogen and oxygen atoms in total. The number of aromatic nitrogens is 3. The molecule has 35 heavy (non-hydrogen) atoms. The number of nitrogens with one attached hydrogen (secondary N) is 2. The van der Waals surface area contributed by atoms with Crippen molar-refractivity contribution in [2.75, 3.05) is 35.5 Å². The number of non-ortho nitro benzene ring substituents is 1. The molecule has 2 N–H and O–H groups in total. The van der Waals surface area contributed by atoms with Crippen LogP contribution in [0.4, 0.5) is 29.2 Å². The number of ether oxygens (including phenoxy) is 2. The highest BCUT2D eigenvalue weighted by Crippen LogP contribution is 2.32. The molecule has 5 rings (SSSR count). The molecule has 0 radical (unpaired) electrons. The molecular formula is C23H24N8O4. The van der Waals surface area contributed by atoms with Crippen LogP contribution >= 0.6 is 0 Å². The summed E-state index contributed by atoms with van der Waals surface area (Å²) < 4.78 is 10.7. The zero-order valence-electron chi connectivity index (χ0n) is 18.9. The summed E-state index contributed by atoms with van der Waals surface area (Å²) in [6.07, 6.45) is 6.14. The molecule has 0 atom stereocenters. The first-order valence-corrected chi connectivity index (χ1v) is 11.4. The molecular weight excluding hydrogens is 452 g/mol. The molecule has 0 spiro atoms. The Morgan fingerprint density at radius 2 is 1.69 bits per heavy atom. The average molecular weight is 476 g/mol. The third kappa shape index (κ3) is 5.54. The van der Waals surface area contributed by atoms with E-state index in [-0.39, 0.29) is 18.4 Å². The molecule has 2 aliphatic rings. The number of nitrogens with zero attached hydrogens (tertiary/aromatic N) is 6. The number of rotatable bonds is 7. The fraction of sp³-hybridized carbons (Fsp3) is 0.304. The van der Waals surface area contributed by atoms with Crippen molar-refractivity contribution < 1.29 is 14.4 Å². The standard InChI is InChI=1S/C23H24N8O4/c32-31(33)18-8-6-17(7-9-18)25-21-26-22(28-23(27-21)30-11-3-1-2-4-12-30)29-24-14-16-5-10-19-20(13-16)35-15-34-19/h5-10,13-14H,1-4,11-12,15H2,(H2,25,26,27,28,29)/b24-14+. The lowest BCUT2D eigenvalue weighted by Crippen LogP contribution is -2.26. The minimum absolute atomic E-state index is 0.0108. The van der Waals surface area contributed by atoms with Crippen LogP contribution < -0.4 is 25.1 Å². The van der Waals surface area contributed by atoms with E-state index in [1.807, 2.05) is 18.2 Å². The Hall–Kier alpha value is -4.48. The molecule has 3 heterocycles. The molecule has 3 aromatic rings. The van der Waals surface area contributed by atoms with Gasteiger partial charge in [-0.25, -0.2) is 5.43 Å². The molecule has 1 fully saturated rings. The fourth-order valence-electron chi connectivity index (χ4n) is 3.84. The fourth-order valence-corrected chi connectivity index (χ4v) is 3.84. The highest BCUT2D eigenvalue weighted by Gasteiger charge is 2.16. The highest BCUT2D eigenvalue weighted by atomic mass is 16.7. The summed E-state index contributed by atoms with van der Waals surface area (Å²) in [7, 11) is 0. The van der Waals surface area contributed by atoms with Gasteiger partial charge in [-0.15, -0.1) is 0 Å². The molecule has 0 bridgehead atoms. The Morgan fingerprint density at radius 3 is 2.46 bits per heavy atom. The van der Waals surface area contributed by atoms with Crippen LogP contribution in [0.15, 0.2) is 47.6 Å². The van der Waals surface area contributed by atoms with Crippen LogP contribution in [-0.2, 0) is 0 Å². The average Bonchev–Trinajstić information content (AvgIpc) is 3.16. The molecule has 0 amide bonds. The molecule has 2 aliphatic heterocycles. The van der Waals surface area contributed by atoms with E-state index in [2.05, 4.69) is 35.7 Å². The monoisotopic (exact) mass is 476 g/mol. The lowest BCUT2D eigenvalue weighted by Gasteiger charge is -2.21. The first-order chi connectivity index (χ1) is 17.1. The molecule has 2 aromatic carbocycles. The normalized spacial score (nSPS) is 15.1. The van der Waals surface area contributed by atoms with E-state index in [9.17, 15) is 10.1 Å². The van der Waals surface area contributed by atoms with Gasteiger partial charge >= 0.3 is 0 Å². The Morgan fingerprint density at radius 1 is 0.943 bits per heavy atom. The molecule has 12 heteroatoms. The zero-order chi connectivity index (χ0) is 24.0. The van der Waals surface area contributed by atoms with Crippen molar-refractivity contribution in [3.8, 4) is 11.5 Å². The van der Waals surface area contributed by atoms with Gasteiger partial charge in [-0.1, -0.05) is 12.8 Å². The van der Waals surface area contributed by atoms with Crippen LogP contribution in [0.2, 0.25) is 0 Å².